The minimum atomic E-state index is 0.102. The summed E-state index contributed by atoms with van der Waals surface area (Å²) in [5.74, 6) is 1.05. The van der Waals surface area contributed by atoms with Crippen molar-refractivity contribution in [3.8, 4) is 5.75 Å². The van der Waals surface area contributed by atoms with E-state index < -0.39 is 0 Å². The largest absolute Gasteiger partial charge is 0.490 e. The van der Waals surface area contributed by atoms with Crippen molar-refractivity contribution in [2.24, 2.45) is 5.73 Å². The van der Waals surface area contributed by atoms with Crippen LogP contribution < -0.4 is 10.5 Å². The Kier molecular flexibility index (Phi) is 3.75. The van der Waals surface area contributed by atoms with Crippen molar-refractivity contribution in [3.63, 3.8) is 0 Å². The van der Waals surface area contributed by atoms with Gasteiger partial charge in [-0.3, -0.25) is 0 Å². The lowest BCUT2D eigenvalue weighted by Crippen LogP contribution is -2.17. The Balaban J connectivity index is 1.56. The minimum absolute atomic E-state index is 0.102. The van der Waals surface area contributed by atoms with Crippen LogP contribution in [0.25, 0.3) is 0 Å². The molecule has 1 aliphatic heterocycles. The van der Waals surface area contributed by atoms with Crippen LogP contribution in [0.15, 0.2) is 48.5 Å². The fourth-order valence-electron chi connectivity index (χ4n) is 2.84. The van der Waals surface area contributed by atoms with E-state index in [0.29, 0.717) is 0 Å². The van der Waals surface area contributed by atoms with Gasteiger partial charge in [-0.05, 0) is 37.0 Å². The molecular formula is C18H21NO. The van der Waals surface area contributed by atoms with Crippen LogP contribution in [0.1, 0.15) is 35.6 Å². The molecule has 2 unspecified atom stereocenters. The van der Waals surface area contributed by atoms with Crippen molar-refractivity contribution in [1.82, 2.24) is 0 Å². The Morgan fingerprint density at radius 3 is 2.80 bits per heavy atom. The van der Waals surface area contributed by atoms with Crippen molar-refractivity contribution < 1.29 is 4.74 Å². The normalized spacial score (nSPS) is 18.4. The average Bonchev–Trinajstić information content (AvgIpc) is 2.87. The fourth-order valence-corrected chi connectivity index (χ4v) is 2.84. The minimum Gasteiger partial charge on any atom is -0.490 e. The van der Waals surface area contributed by atoms with E-state index in [2.05, 4.69) is 37.3 Å². The third kappa shape index (κ3) is 2.86. The molecule has 3 rings (SSSR count). The van der Waals surface area contributed by atoms with Gasteiger partial charge in [0, 0.05) is 12.5 Å². The van der Waals surface area contributed by atoms with Gasteiger partial charge in [0.1, 0.15) is 11.9 Å². The first kappa shape index (κ1) is 13.2. The summed E-state index contributed by atoms with van der Waals surface area (Å²) in [6, 6.07) is 16.8. The molecule has 0 fully saturated rings. The molecule has 2 aromatic carbocycles. The summed E-state index contributed by atoms with van der Waals surface area (Å²) in [6.07, 6.45) is 3.26. The van der Waals surface area contributed by atoms with Crippen molar-refractivity contribution in [1.29, 1.82) is 0 Å². The SMILES string of the molecule is Cc1ccc2c(c1)CC(CCC(N)c1ccccc1)O2. The predicted octanol–water partition coefficient (Wildman–Crippen LogP) is 3.78. The zero-order chi connectivity index (χ0) is 13.9. The van der Waals surface area contributed by atoms with Gasteiger partial charge in [-0.15, -0.1) is 0 Å². The maximum absolute atomic E-state index is 6.25. The van der Waals surface area contributed by atoms with Gasteiger partial charge in [-0.25, -0.2) is 0 Å². The molecule has 2 aromatic rings. The highest BCUT2D eigenvalue weighted by atomic mass is 16.5. The first-order valence-corrected chi connectivity index (χ1v) is 7.29. The maximum Gasteiger partial charge on any atom is 0.123 e. The summed E-state index contributed by atoms with van der Waals surface area (Å²) in [6.45, 7) is 2.12. The summed E-state index contributed by atoms with van der Waals surface area (Å²) < 4.78 is 5.99. The van der Waals surface area contributed by atoms with E-state index in [1.807, 2.05) is 18.2 Å². The summed E-state index contributed by atoms with van der Waals surface area (Å²) >= 11 is 0. The van der Waals surface area contributed by atoms with Crippen LogP contribution >= 0.6 is 0 Å². The van der Waals surface area contributed by atoms with Gasteiger partial charge in [0.2, 0.25) is 0 Å². The van der Waals surface area contributed by atoms with Crippen LogP contribution in [0.3, 0.4) is 0 Å². The molecule has 0 aromatic heterocycles. The predicted molar refractivity (Wildman–Crippen MR) is 81.9 cm³/mol. The Bertz CT molecular complexity index is 579. The summed E-state index contributed by atoms with van der Waals surface area (Å²) in [7, 11) is 0. The summed E-state index contributed by atoms with van der Waals surface area (Å²) in [5.41, 5.74) is 10.1. The van der Waals surface area contributed by atoms with Crippen LogP contribution in [-0.4, -0.2) is 6.10 Å². The molecule has 2 heteroatoms. The van der Waals surface area contributed by atoms with Gasteiger partial charge in [-0.1, -0.05) is 48.0 Å². The van der Waals surface area contributed by atoms with Gasteiger partial charge < -0.3 is 10.5 Å². The van der Waals surface area contributed by atoms with E-state index in [-0.39, 0.29) is 12.1 Å². The second kappa shape index (κ2) is 5.68. The second-order valence-electron chi connectivity index (χ2n) is 5.65. The first-order valence-electron chi connectivity index (χ1n) is 7.29. The molecular weight excluding hydrogens is 246 g/mol. The van der Waals surface area contributed by atoms with Gasteiger partial charge in [0.15, 0.2) is 0 Å². The maximum atomic E-state index is 6.25. The number of ether oxygens (including phenoxy) is 1. The van der Waals surface area contributed by atoms with E-state index in [4.69, 9.17) is 10.5 Å². The van der Waals surface area contributed by atoms with Crippen LogP contribution in [0.4, 0.5) is 0 Å². The Morgan fingerprint density at radius 2 is 2.00 bits per heavy atom. The number of hydrogen-bond acceptors (Lipinski definition) is 2. The topological polar surface area (TPSA) is 35.2 Å². The highest BCUT2D eigenvalue weighted by Gasteiger charge is 2.23. The average molecular weight is 267 g/mol. The van der Waals surface area contributed by atoms with E-state index >= 15 is 0 Å². The van der Waals surface area contributed by atoms with Crippen LogP contribution in [0.2, 0.25) is 0 Å². The number of benzene rings is 2. The molecule has 2 nitrogen and oxygen atoms in total. The smallest absolute Gasteiger partial charge is 0.123 e. The van der Waals surface area contributed by atoms with Gasteiger partial charge >= 0.3 is 0 Å². The molecule has 0 saturated heterocycles. The first-order chi connectivity index (χ1) is 9.72. The Hall–Kier alpha value is -1.80. The van der Waals surface area contributed by atoms with Crippen LogP contribution in [-0.2, 0) is 6.42 Å². The molecule has 0 spiro atoms. The van der Waals surface area contributed by atoms with Gasteiger partial charge in [0.25, 0.3) is 0 Å². The van der Waals surface area contributed by atoms with Crippen LogP contribution in [0.5, 0.6) is 5.75 Å². The van der Waals surface area contributed by atoms with Gasteiger partial charge in [-0.2, -0.15) is 0 Å². The van der Waals surface area contributed by atoms with E-state index in [1.165, 1.54) is 16.7 Å². The quantitative estimate of drug-likeness (QED) is 0.915. The molecule has 0 amide bonds. The highest BCUT2D eigenvalue weighted by Crippen LogP contribution is 2.32. The molecule has 2 atom stereocenters. The second-order valence-corrected chi connectivity index (χ2v) is 5.65. The van der Waals surface area contributed by atoms with Crippen LogP contribution in [0, 0.1) is 6.92 Å². The number of nitrogens with two attached hydrogens (primary N) is 1. The van der Waals surface area contributed by atoms with E-state index in [9.17, 15) is 0 Å². The summed E-state index contributed by atoms with van der Waals surface area (Å²) in [4.78, 5) is 0. The molecule has 0 saturated carbocycles. The molecule has 0 bridgehead atoms. The van der Waals surface area contributed by atoms with Crippen molar-refractivity contribution in [2.45, 2.75) is 38.3 Å². The molecule has 1 aliphatic rings. The lowest BCUT2D eigenvalue weighted by atomic mass is 9.99. The molecule has 2 N–H and O–H groups in total. The molecule has 1 heterocycles. The zero-order valence-corrected chi connectivity index (χ0v) is 11.9. The van der Waals surface area contributed by atoms with Crippen molar-refractivity contribution >= 4 is 0 Å². The highest BCUT2D eigenvalue weighted by molar-refractivity contribution is 5.40. The number of hydrogen-bond donors (Lipinski definition) is 1. The molecule has 0 aliphatic carbocycles. The van der Waals surface area contributed by atoms with Crippen molar-refractivity contribution in [2.75, 3.05) is 0 Å². The van der Waals surface area contributed by atoms with Crippen molar-refractivity contribution in [3.05, 3.63) is 65.2 Å². The fraction of sp³-hybridized carbons (Fsp3) is 0.333. The molecule has 104 valence electrons. The molecule has 0 radical (unpaired) electrons. The van der Waals surface area contributed by atoms with Gasteiger partial charge in [0.05, 0.1) is 0 Å². The van der Waals surface area contributed by atoms with E-state index in [0.717, 1.165) is 25.0 Å². The Labute approximate surface area is 120 Å². The monoisotopic (exact) mass is 267 g/mol. The number of rotatable bonds is 4. The zero-order valence-electron chi connectivity index (χ0n) is 11.9. The number of fused-ring (bicyclic) bond motifs is 1. The third-order valence-electron chi connectivity index (χ3n) is 3.98. The third-order valence-corrected chi connectivity index (χ3v) is 3.98. The van der Waals surface area contributed by atoms with E-state index in [1.54, 1.807) is 0 Å². The lowest BCUT2D eigenvalue weighted by molar-refractivity contribution is 0.214. The standard InChI is InChI=1S/C18H21NO/c1-13-7-10-18-15(11-13)12-16(20-18)8-9-17(19)14-5-3-2-4-6-14/h2-7,10-11,16-17H,8-9,12,19H2,1H3. The number of aryl methyl sites for hydroxylation is 1. The molecule has 20 heavy (non-hydrogen) atoms. The summed E-state index contributed by atoms with van der Waals surface area (Å²) in [5, 5.41) is 0. The lowest BCUT2D eigenvalue weighted by Gasteiger charge is -2.15. The Morgan fingerprint density at radius 1 is 1.20 bits per heavy atom.